The molecule has 2 rings (SSSR count). The molecule has 0 unspecified atom stereocenters. The summed E-state index contributed by atoms with van der Waals surface area (Å²) < 4.78 is 5.49. The molecule has 18 heavy (non-hydrogen) atoms. The summed E-state index contributed by atoms with van der Waals surface area (Å²) in [7, 11) is 0. The number of nitrogens with zero attached hydrogens (tertiary/aromatic N) is 1. The number of para-hydroxylation sites is 1. The van der Waals surface area contributed by atoms with E-state index < -0.39 is 0 Å². The number of hydrogen-bond donors (Lipinski definition) is 2. The summed E-state index contributed by atoms with van der Waals surface area (Å²) >= 11 is 0. The van der Waals surface area contributed by atoms with E-state index in [1.54, 1.807) is 0 Å². The van der Waals surface area contributed by atoms with Crippen LogP contribution in [0, 0.1) is 12.3 Å². The number of rotatable bonds is 4. The Kier molecular flexibility index (Phi) is 4.48. The van der Waals surface area contributed by atoms with Crippen LogP contribution in [0.15, 0.2) is 29.3 Å². The van der Waals surface area contributed by atoms with Crippen molar-refractivity contribution in [3.63, 3.8) is 0 Å². The first kappa shape index (κ1) is 12.3. The summed E-state index contributed by atoms with van der Waals surface area (Å²) in [6, 6.07) is 7.86. The molecule has 0 amide bonds. The highest BCUT2D eigenvalue weighted by molar-refractivity contribution is 5.80. The lowest BCUT2D eigenvalue weighted by atomic mass is 10.2. The first-order valence-electron chi connectivity index (χ1n) is 6.06. The monoisotopic (exact) mass is 243 g/mol. The van der Waals surface area contributed by atoms with Gasteiger partial charge >= 0.3 is 0 Å². The predicted octanol–water partition coefficient (Wildman–Crippen LogP) is 1.14. The average Bonchev–Trinajstić information content (AvgIpc) is 2.45. The van der Waals surface area contributed by atoms with E-state index in [1.807, 2.05) is 24.3 Å². The van der Waals surface area contributed by atoms with Gasteiger partial charge in [0.15, 0.2) is 5.96 Å². The maximum absolute atomic E-state index is 5.49. The van der Waals surface area contributed by atoms with Gasteiger partial charge in [-0.2, -0.15) is 0 Å². The van der Waals surface area contributed by atoms with Crippen molar-refractivity contribution in [2.45, 2.75) is 13.0 Å². The summed E-state index contributed by atoms with van der Waals surface area (Å²) in [5.41, 5.74) is 1.07. The third-order valence-corrected chi connectivity index (χ3v) is 2.63. The fourth-order valence-electron chi connectivity index (χ4n) is 1.74. The molecule has 0 aliphatic carbocycles. The molecule has 1 aromatic carbocycles. The van der Waals surface area contributed by atoms with Gasteiger partial charge in [-0.15, -0.1) is 6.42 Å². The zero-order valence-electron chi connectivity index (χ0n) is 10.3. The predicted molar refractivity (Wildman–Crippen MR) is 72.5 cm³/mol. The molecule has 0 radical (unpaired) electrons. The normalized spacial score (nSPS) is 14.1. The Hall–Kier alpha value is -2.15. The Morgan fingerprint density at radius 2 is 2.33 bits per heavy atom. The number of nitrogens with one attached hydrogen (secondary N) is 2. The highest BCUT2D eigenvalue weighted by Crippen LogP contribution is 2.17. The molecular weight excluding hydrogens is 226 g/mol. The molecule has 4 nitrogen and oxygen atoms in total. The number of terminal acetylenes is 1. The second kappa shape index (κ2) is 6.55. The molecule has 0 aromatic heterocycles. The zero-order valence-corrected chi connectivity index (χ0v) is 10.3. The van der Waals surface area contributed by atoms with Crippen LogP contribution in [0.4, 0.5) is 0 Å². The maximum atomic E-state index is 5.49. The third-order valence-electron chi connectivity index (χ3n) is 2.63. The highest BCUT2D eigenvalue weighted by Gasteiger charge is 2.06. The molecule has 0 fully saturated rings. The molecule has 1 aromatic rings. The summed E-state index contributed by atoms with van der Waals surface area (Å²) in [5, 5.41) is 6.48. The van der Waals surface area contributed by atoms with Gasteiger partial charge < -0.3 is 15.4 Å². The standard InChI is InChI=1S/C14H17N3O/c1-2-10-18-13-7-4-3-6-12(13)11-17-14-15-8-5-9-16-14/h1,3-4,6-7H,5,8-11H2,(H2,15,16,17). The van der Waals surface area contributed by atoms with Crippen LogP contribution in [0.5, 0.6) is 5.75 Å². The minimum Gasteiger partial charge on any atom is -0.481 e. The molecule has 0 bridgehead atoms. The second-order valence-electron chi connectivity index (χ2n) is 3.96. The van der Waals surface area contributed by atoms with E-state index in [1.165, 1.54) is 0 Å². The molecule has 1 heterocycles. The first-order valence-corrected chi connectivity index (χ1v) is 6.06. The first-order chi connectivity index (χ1) is 8.90. The highest BCUT2D eigenvalue weighted by atomic mass is 16.5. The van der Waals surface area contributed by atoms with Crippen molar-refractivity contribution in [2.75, 3.05) is 19.7 Å². The molecular formula is C14H17N3O. The van der Waals surface area contributed by atoms with Crippen molar-refractivity contribution in [1.29, 1.82) is 0 Å². The summed E-state index contributed by atoms with van der Waals surface area (Å²) in [6.45, 7) is 2.81. The SMILES string of the molecule is C#CCOc1ccccc1CNC1=NCCCN1. The van der Waals surface area contributed by atoms with Gasteiger partial charge in [-0.25, -0.2) is 0 Å². The van der Waals surface area contributed by atoms with Crippen LogP contribution in [-0.2, 0) is 6.54 Å². The van der Waals surface area contributed by atoms with Crippen LogP contribution in [0.2, 0.25) is 0 Å². The number of guanidine groups is 1. The molecule has 0 saturated carbocycles. The maximum Gasteiger partial charge on any atom is 0.191 e. The van der Waals surface area contributed by atoms with Crippen molar-refractivity contribution < 1.29 is 4.74 Å². The average molecular weight is 243 g/mol. The Balaban J connectivity index is 1.95. The van der Waals surface area contributed by atoms with Gasteiger partial charge in [-0.05, 0) is 12.5 Å². The van der Waals surface area contributed by atoms with Crippen LogP contribution in [-0.4, -0.2) is 25.7 Å². The summed E-state index contributed by atoms with van der Waals surface area (Å²) in [6.07, 6.45) is 6.29. The minimum absolute atomic E-state index is 0.288. The van der Waals surface area contributed by atoms with Crippen molar-refractivity contribution in [2.24, 2.45) is 4.99 Å². The van der Waals surface area contributed by atoms with Gasteiger partial charge in [-0.1, -0.05) is 24.1 Å². The van der Waals surface area contributed by atoms with Crippen LogP contribution in [0.3, 0.4) is 0 Å². The lowest BCUT2D eigenvalue weighted by Gasteiger charge is -2.17. The quantitative estimate of drug-likeness (QED) is 0.779. The molecule has 4 heteroatoms. The van der Waals surface area contributed by atoms with Crippen molar-refractivity contribution >= 4 is 5.96 Å². The zero-order chi connectivity index (χ0) is 12.6. The van der Waals surface area contributed by atoms with Crippen LogP contribution in [0.25, 0.3) is 0 Å². The smallest absolute Gasteiger partial charge is 0.191 e. The molecule has 2 N–H and O–H groups in total. The van der Waals surface area contributed by atoms with Crippen LogP contribution < -0.4 is 15.4 Å². The Bertz CT molecular complexity index is 462. The van der Waals surface area contributed by atoms with Gasteiger partial charge in [0.25, 0.3) is 0 Å². The lowest BCUT2D eigenvalue weighted by Crippen LogP contribution is -2.40. The third kappa shape index (κ3) is 3.42. The molecule has 0 atom stereocenters. The van der Waals surface area contributed by atoms with E-state index in [0.29, 0.717) is 6.54 Å². The fraction of sp³-hybridized carbons (Fsp3) is 0.357. The van der Waals surface area contributed by atoms with E-state index >= 15 is 0 Å². The molecule has 0 saturated heterocycles. The largest absolute Gasteiger partial charge is 0.481 e. The lowest BCUT2D eigenvalue weighted by molar-refractivity contribution is 0.365. The van der Waals surface area contributed by atoms with Gasteiger partial charge in [0, 0.05) is 25.2 Å². The summed E-state index contributed by atoms with van der Waals surface area (Å²) in [5.74, 6) is 4.14. The van der Waals surface area contributed by atoms with Gasteiger partial charge in [-0.3, -0.25) is 4.99 Å². The van der Waals surface area contributed by atoms with Crippen molar-refractivity contribution in [3.8, 4) is 18.1 Å². The van der Waals surface area contributed by atoms with Gasteiger partial charge in [0.2, 0.25) is 0 Å². The van der Waals surface area contributed by atoms with Gasteiger partial charge in [0.05, 0.1) is 0 Å². The second-order valence-corrected chi connectivity index (χ2v) is 3.96. The number of ether oxygens (including phenoxy) is 1. The van der Waals surface area contributed by atoms with E-state index in [-0.39, 0.29) is 6.61 Å². The Morgan fingerprint density at radius 3 is 3.11 bits per heavy atom. The van der Waals surface area contributed by atoms with E-state index in [9.17, 15) is 0 Å². The van der Waals surface area contributed by atoms with E-state index in [0.717, 1.165) is 36.8 Å². The fourth-order valence-corrected chi connectivity index (χ4v) is 1.74. The van der Waals surface area contributed by atoms with Crippen LogP contribution in [0.1, 0.15) is 12.0 Å². The van der Waals surface area contributed by atoms with Crippen LogP contribution >= 0.6 is 0 Å². The number of hydrogen-bond acceptors (Lipinski definition) is 4. The Morgan fingerprint density at radius 1 is 1.44 bits per heavy atom. The van der Waals surface area contributed by atoms with Gasteiger partial charge in [0.1, 0.15) is 12.4 Å². The van der Waals surface area contributed by atoms with E-state index in [2.05, 4.69) is 21.5 Å². The van der Waals surface area contributed by atoms with Crippen molar-refractivity contribution in [1.82, 2.24) is 10.6 Å². The molecule has 1 aliphatic rings. The van der Waals surface area contributed by atoms with E-state index in [4.69, 9.17) is 11.2 Å². The topological polar surface area (TPSA) is 45.6 Å². The van der Waals surface area contributed by atoms with Crippen molar-refractivity contribution in [3.05, 3.63) is 29.8 Å². The summed E-state index contributed by atoms with van der Waals surface area (Å²) in [4.78, 5) is 4.36. The minimum atomic E-state index is 0.288. The number of benzene rings is 1. The molecule has 1 aliphatic heterocycles. The number of aliphatic imine (C=N–C) groups is 1. The molecule has 94 valence electrons. The molecule has 0 spiro atoms. The Labute approximate surface area is 107 Å².